The van der Waals surface area contributed by atoms with Gasteiger partial charge in [0.1, 0.15) is 0 Å². The van der Waals surface area contributed by atoms with Gasteiger partial charge in [-0.05, 0) is 51.0 Å². The first-order valence-electron chi connectivity index (χ1n) is 7.42. The zero-order valence-corrected chi connectivity index (χ0v) is 12.8. The Bertz CT molecular complexity index is 371. The Balaban J connectivity index is 2.03. The molecule has 102 valence electrons. The molecule has 1 N–H and O–H groups in total. The second kappa shape index (κ2) is 6.67. The molecular formula is C15H26N2S. The number of thiazole rings is 1. The second-order valence-corrected chi connectivity index (χ2v) is 6.87. The van der Waals surface area contributed by atoms with Gasteiger partial charge in [0.15, 0.2) is 0 Å². The first kappa shape index (κ1) is 14.0. The summed E-state index contributed by atoms with van der Waals surface area (Å²) < 4.78 is 0. The van der Waals surface area contributed by atoms with Gasteiger partial charge < -0.3 is 5.32 Å². The lowest BCUT2D eigenvalue weighted by Crippen LogP contribution is -2.24. The average molecular weight is 266 g/mol. The van der Waals surface area contributed by atoms with Crippen LogP contribution < -0.4 is 5.32 Å². The predicted molar refractivity (Wildman–Crippen MR) is 79.2 cm³/mol. The summed E-state index contributed by atoms with van der Waals surface area (Å²) in [6.07, 6.45) is 7.42. The van der Waals surface area contributed by atoms with Crippen molar-refractivity contribution >= 4 is 11.3 Å². The maximum atomic E-state index is 4.86. The molecule has 0 aromatic carbocycles. The Morgan fingerprint density at radius 1 is 1.44 bits per heavy atom. The van der Waals surface area contributed by atoms with E-state index in [2.05, 4.69) is 26.1 Å². The highest BCUT2D eigenvalue weighted by Crippen LogP contribution is 2.34. The third-order valence-electron chi connectivity index (χ3n) is 3.57. The number of nitrogens with one attached hydrogen (secondary N) is 1. The summed E-state index contributed by atoms with van der Waals surface area (Å²) in [5.41, 5.74) is 1.39. The molecule has 18 heavy (non-hydrogen) atoms. The van der Waals surface area contributed by atoms with Gasteiger partial charge in [-0.3, -0.25) is 0 Å². The zero-order chi connectivity index (χ0) is 13.0. The van der Waals surface area contributed by atoms with Gasteiger partial charge in [-0.25, -0.2) is 4.98 Å². The topological polar surface area (TPSA) is 24.9 Å². The molecule has 0 fully saturated rings. The van der Waals surface area contributed by atoms with E-state index in [4.69, 9.17) is 4.98 Å². The standard InChI is InChI=1S/C15H26N2S/c1-4-10-16-12-6-5-7-13-15(12)18-14(17-13)9-8-11(2)3/h11-12,16H,4-10H2,1-3H3. The maximum absolute atomic E-state index is 4.86. The number of hydrogen-bond donors (Lipinski definition) is 1. The summed E-state index contributed by atoms with van der Waals surface area (Å²) in [5, 5.41) is 5.04. The van der Waals surface area contributed by atoms with Crippen LogP contribution in [-0.2, 0) is 12.8 Å². The Morgan fingerprint density at radius 2 is 2.28 bits per heavy atom. The van der Waals surface area contributed by atoms with Crippen LogP contribution in [0.3, 0.4) is 0 Å². The number of fused-ring (bicyclic) bond motifs is 1. The predicted octanol–water partition coefficient (Wildman–Crippen LogP) is 4.11. The van der Waals surface area contributed by atoms with Crippen molar-refractivity contribution in [2.24, 2.45) is 5.92 Å². The van der Waals surface area contributed by atoms with Crippen molar-refractivity contribution in [3.8, 4) is 0 Å². The normalized spacial score (nSPS) is 19.2. The lowest BCUT2D eigenvalue weighted by Gasteiger charge is -2.22. The van der Waals surface area contributed by atoms with E-state index in [1.54, 1.807) is 0 Å². The van der Waals surface area contributed by atoms with Crippen molar-refractivity contribution in [2.75, 3.05) is 6.54 Å². The van der Waals surface area contributed by atoms with Crippen LogP contribution in [0.2, 0.25) is 0 Å². The van der Waals surface area contributed by atoms with Gasteiger partial charge in [-0.15, -0.1) is 11.3 Å². The van der Waals surface area contributed by atoms with Crippen LogP contribution in [-0.4, -0.2) is 11.5 Å². The van der Waals surface area contributed by atoms with Crippen molar-refractivity contribution < 1.29 is 0 Å². The highest BCUT2D eigenvalue weighted by Gasteiger charge is 2.23. The minimum atomic E-state index is 0.582. The summed E-state index contributed by atoms with van der Waals surface area (Å²) in [6.45, 7) is 7.94. The fourth-order valence-corrected chi connectivity index (χ4v) is 3.74. The number of aryl methyl sites for hydroxylation is 2. The van der Waals surface area contributed by atoms with Gasteiger partial charge in [-0.1, -0.05) is 20.8 Å². The van der Waals surface area contributed by atoms with Crippen molar-refractivity contribution in [3.63, 3.8) is 0 Å². The van der Waals surface area contributed by atoms with Crippen molar-refractivity contribution in [2.45, 2.75) is 65.3 Å². The number of hydrogen-bond acceptors (Lipinski definition) is 3. The van der Waals surface area contributed by atoms with Crippen LogP contribution in [0, 0.1) is 5.92 Å². The zero-order valence-electron chi connectivity index (χ0n) is 12.0. The fraction of sp³-hybridized carbons (Fsp3) is 0.800. The summed E-state index contributed by atoms with van der Waals surface area (Å²) in [5.74, 6) is 0.778. The van der Waals surface area contributed by atoms with E-state index >= 15 is 0 Å². The maximum Gasteiger partial charge on any atom is 0.0931 e. The molecule has 0 saturated carbocycles. The minimum Gasteiger partial charge on any atom is -0.309 e. The molecule has 0 saturated heterocycles. The van der Waals surface area contributed by atoms with Crippen molar-refractivity contribution in [3.05, 3.63) is 15.6 Å². The van der Waals surface area contributed by atoms with Gasteiger partial charge in [0.05, 0.1) is 10.7 Å². The molecule has 2 rings (SSSR count). The third-order valence-corrected chi connectivity index (χ3v) is 4.84. The molecule has 0 radical (unpaired) electrons. The molecule has 2 nitrogen and oxygen atoms in total. The molecule has 0 aliphatic heterocycles. The molecular weight excluding hydrogens is 240 g/mol. The Labute approximate surface area is 115 Å². The summed E-state index contributed by atoms with van der Waals surface area (Å²) in [4.78, 5) is 6.40. The van der Waals surface area contributed by atoms with Gasteiger partial charge in [0, 0.05) is 10.9 Å². The molecule has 1 aliphatic rings. The SMILES string of the molecule is CCCNC1CCCc2nc(CCC(C)C)sc21. The van der Waals surface area contributed by atoms with Crippen molar-refractivity contribution in [1.82, 2.24) is 10.3 Å². The Hall–Kier alpha value is -0.410. The van der Waals surface area contributed by atoms with Crippen LogP contribution in [0.1, 0.15) is 68.1 Å². The van der Waals surface area contributed by atoms with E-state index in [0.29, 0.717) is 6.04 Å². The van der Waals surface area contributed by atoms with E-state index in [1.165, 1.54) is 47.7 Å². The lowest BCUT2D eigenvalue weighted by atomic mass is 9.98. The molecule has 1 atom stereocenters. The number of nitrogens with zero attached hydrogens (tertiary/aromatic N) is 1. The monoisotopic (exact) mass is 266 g/mol. The molecule has 0 spiro atoms. The Morgan fingerprint density at radius 3 is 3.00 bits per heavy atom. The van der Waals surface area contributed by atoms with Crippen LogP contribution in [0.15, 0.2) is 0 Å². The molecule has 1 aliphatic carbocycles. The van der Waals surface area contributed by atoms with E-state index in [9.17, 15) is 0 Å². The van der Waals surface area contributed by atoms with Crippen LogP contribution >= 0.6 is 11.3 Å². The number of aromatic nitrogens is 1. The first-order valence-corrected chi connectivity index (χ1v) is 8.24. The van der Waals surface area contributed by atoms with Crippen LogP contribution in [0.5, 0.6) is 0 Å². The molecule has 1 aromatic rings. The quantitative estimate of drug-likeness (QED) is 0.838. The van der Waals surface area contributed by atoms with Gasteiger partial charge in [0.2, 0.25) is 0 Å². The van der Waals surface area contributed by atoms with E-state index in [-0.39, 0.29) is 0 Å². The molecule has 3 heteroatoms. The first-order chi connectivity index (χ1) is 8.70. The van der Waals surface area contributed by atoms with Gasteiger partial charge in [0.25, 0.3) is 0 Å². The Kier molecular flexibility index (Phi) is 5.19. The molecule has 1 unspecified atom stereocenters. The molecule has 1 aromatic heterocycles. The summed E-state index contributed by atoms with van der Waals surface area (Å²) >= 11 is 1.96. The summed E-state index contributed by atoms with van der Waals surface area (Å²) in [7, 11) is 0. The van der Waals surface area contributed by atoms with E-state index in [0.717, 1.165) is 18.9 Å². The smallest absolute Gasteiger partial charge is 0.0931 e. The third kappa shape index (κ3) is 3.55. The van der Waals surface area contributed by atoms with E-state index in [1.807, 2.05) is 11.3 Å². The fourth-order valence-electron chi connectivity index (χ4n) is 2.50. The minimum absolute atomic E-state index is 0.582. The molecule has 1 heterocycles. The average Bonchev–Trinajstić information content (AvgIpc) is 2.77. The lowest BCUT2D eigenvalue weighted by molar-refractivity contribution is 0.464. The summed E-state index contributed by atoms with van der Waals surface area (Å²) in [6, 6.07) is 0.582. The van der Waals surface area contributed by atoms with E-state index < -0.39 is 0 Å². The highest BCUT2D eigenvalue weighted by molar-refractivity contribution is 7.11. The highest BCUT2D eigenvalue weighted by atomic mass is 32.1. The van der Waals surface area contributed by atoms with Crippen LogP contribution in [0.25, 0.3) is 0 Å². The van der Waals surface area contributed by atoms with Gasteiger partial charge >= 0.3 is 0 Å². The second-order valence-electron chi connectivity index (χ2n) is 5.75. The molecule has 0 amide bonds. The van der Waals surface area contributed by atoms with Crippen LogP contribution in [0.4, 0.5) is 0 Å². The largest absolute Gasteiger partial charge is 0.309 e. The van der Waals surface area contributed by atoms with Gasteiger partial charge in [-0.2, -0.15) is 0 Å². The van der Waals surface area contributed by atoms with Crippen molar-refractivity contribution in [1.29, 1.82) is 0 Å². The number of rotatable bonds is 6. The molecule has 0 bridgehead atoms.